The number of aromatic nitrogens is 2. The maximum Gasteiger partial charge on any atom is 0.259 e. The number of rotatable bonds is 7. The summed E-state index contributed by atoms with van der Waals surface area (Å²) in [6.45, 7) is 4.40. The Morgan fingerprint density at radius 2 is 1.67 bits per heavy atom. The Labute approximate surface area is 193 Å². The molecule has 0 saturated carbocycles. The predicted octanol–water partition coefficient (Wildman–Crippen LogP) is 5.48. The summed E-state index contributed by atoms with van der Waals surface area (Å²) in [6, 6.07) is 23.4. The molecule has 4 aromatic rings. The summed E-state index contributed by atoms with van der Waals surface area (Å²) in [7, 11) is 3.27. The van der Waals surface area contributed by atoms with Crippen molar-refractivity contribution in [1.29, 1.82) is 0 Å². The fourth-order valence-electron chi connectivity index (χ4n) is 3.91. The minimum atomic E-state index is -0.185. The number of carbonyl (C=O) groups excluding carboxylic acids is 1. The van der Waals surface area contributed by atoms with Crippen LogP contribution in [-0.2, 0) is 6.54 Å². The van der Waals surface area contributed by atoms with E-state index >= 15 is 0 Å². The van der Waals surface area contributed by atoms with E-state index in [-0.39, 0.29) is 5.91 Å². The van der Waals surface area contributed by atoms with Crippen LogP contribution in [-0.4, -0.2) is 29.9 Å². The van der Waals surface area contributed by atoms with Gasteiger partial charge < -0.3 is 14.8 Å². The maximum atomic E-state index is 13.2. The van der Waals surface area contributed by atoms with Crippen LogP contribution in [0.4, 0.5) is 5.69 Å². The molecular formula is C27H27N3O3. The number of anilines is 1. The van der Waals surface area contributed by atoms with Crippen molar-refractivity contribution >= 4 is 11.6 Å². The van der Waals surface area contributed by atoms with E-state index < -0.39 is 0 Å². The van der Waals surface area contributed by atoms with E-state index in [1.165, 1.54) is 0 Å². The first kappa shape index (κ1) is 22.1. The second-order valence-corrected chi connectivity index (χ2v) is 7.79. The largest absolute Gasteiger partial charge is 0.497 e. The molecule has 0 atom stereocenters. The van der Waals surface area contributed by atoms with Crippen molar-refractivity contribution in [2.45, 2.75) is 20.4 Å². The maximum absolute atomic E-state index is 13.2. The second-order valence-electron chi connectivity index (χ2n) is 7.79. The number of amides is 1. The molecule has 0 aliphatic carbocycles. The van der Waals surface area contributed by atoms with Gasteiger partial charge in [0.1, 0.15) is 11.5 Å². The summed E-state index contributed by atoms with van der Waals surface area (Å²) in [6.07, 6.45) is 0. The van der Waals surface area contributed by atoms with E-state index in [9.17, 15) is 4.79 Å². The average Bonchev–Trinajstić information content (AvgIpc) is 3.12. The normalized spacial score (nSPS) is 10.7. The Bertz CT molecular complexity index is 1260. The summed E-state index contributed by atoms with van der Waals surface area (Å²) >= 11 is 0. The third kappa shape index (κ3) is 4.75. The summed E-state index contributed by atoms with van der Waals surface area (Å²) in [5.74, 6) is 1.32. The van der Waals surface area contributed by atoms with E-state index in [0.29, 0.717) is 23.5 Å². The Morgan fingerprint density at radius 3 is 2.33 bits per heavy atom. The van der Waals surface area contributed by atoms with Gasteiger partial charge in [0.05, 0.1) is 32.0 Å². The van der Waals surface area contributed by atoms with Crippen molar-refractivity contribution in [2.75, 3.05) is 19.5 Å². The molecule has 0 fully saturated rings. The Morgan fingerprint density at radius 1 is 0.939 bits per heavy atom. The van der Waals surface area contributed by atoms with Crippen molar-refractivity contribution in [2.24, 2.45) is 0 Å². The highest BCUT2D eigenvalue weighted by Gasteiger charge is 2.19. The predicted molar refractivity (Wildman–Crippen MR) is 130 cm³/mol. The number of carbonyl (C=O) groups is 1. The molecule has 0 unspecified atom stereocenters. The molecule has 168 valence electrons. The molecule has 33 heavy (non-hydrogen) atoms. The molecule has 0 radical (unpaired) electrons. The first-order chi connectivity index (χ1) is 16.0. The number of benzene rings is 3. The third-order valence-corrected chi connectivity index (χ3v) is 5.64. The van der Waals surface area contributed by atoms with Crippen LogP contribution in [0.25, 0.3) is 11.1 Å². The smallest absolute Gasteiger partial charge is 0.259 e. The second kappa shape index (κ2) is 9.61. The Balaban J connectivity index is 1.60. The zero-order valence-corrected chi connectivity index (χ0v) is 19.3. The van der Waals surface area contributed by atoms with Crippen molar-refractivity contribution in [3.05, 3.63) is 95.3 Å². The van der Waals surface area contributed by atoms with Crippen molar-refractivity contribution < 1.29 is 14.3 Å². The van der Waals surface area contributed by atoms with Crippen LogP contribution in [0.3, 0.4) is 0 Å². The molecule has 6 nitrogen and oxygen atoms in total. The summed E-state index contributed by atoms with van der Waals surface area (Å²) in [4.78, 5) is 13.2. The lowest BCUT2D eigenvalue weighted by atomic mass is 10.0. The topological polar surface area (TPSA) is 65.4 Å². The van der Waals surface area contributed by atoms with Crippen LogP contribution in [0.1, 0.15) is 27.3 Å². The lowest BCUT2D eigenvalue weighted by Gasteiger charge is -2.13. The average molecular weight is 442 g/mol. The molecule has 1 amide bonds. The van der Waals surface area contributed by atoms with Crippen LogP contribution >= 0.6 is 0 Å². The first-order valence-electron chi connectivity index (χ1n) is 10.7. The molecule has 0 aliphatic rings. The molecule has 6 heteroatoms. The molecular weight excluding hydrogens is 414 g/mol. The van der Waals surface area contributed by atoms with E-state index in [2.05, 4.69) is 10.4 Å². The van der Waals surface area contributed by atoms with Gasteiger partial charge in [0.2, 0.25) is 0 Å². The zero-order valence-electron chi connectivity index (χ0n) is 19.3. The summed E-state index contributed by atoms with van der Waals surface area (Å²) in [5.41, 5.74) is 5.78. The standard InChI is InChI=1S/C27H27N3O3/c1-18-26(19(2)30(29-18)17-20-8-6-5-7-9-20)27(31)28-22-12-15-25(33-4)24(16-22)21-10-13-23(32-3)14-11-21/h5-16H,17H2,1-4H3,(H,28,31). The van der Waals surface area contributed by atoms with Crippen LogP contribution in [0.2, 0.25) is 0 Å². The SMILES string of the molecule is COc1ccc(-c2cc(NC(=O)c3c(C)nn(Cc4ccccc4)c3C)ccc2OC)cc1. The highest BCUT2D eigenvalue weighted by molar-refractivity contribution is 6.06. The molecule has 0 saturated heterocycles. The molecule has 0 aliphatic heterocycles. The molecule has 1 aromatic heterocycles. The highest BCUT2D eigenvalue weighted by atomic mass is 16.5. The van der Waals surface area contributed by atoms with Gasteiger partial charge in [0.15, 0.2) is 0 Å². The van der Waals surface area contributed by atoms with Gasteiger partial charge in [-0.2, -0.15) is 5.10 Å². The van der Waals surface area contributed by atoms with E-state index in [0.717, 1.165) is 33.9 Å². The van der Waals surface area contributed by atoms with Crippen LogP contribution in [0.15, 0.2) is 72.8 Å². The summed E-state index contributed by atoms with van der Waals surface area (Å²) in [5, 5.41) is 7.63. The molecule has 0 spiro atoms. The van der Waals surface area contributed by atoms with Crippen LogP contribution in [0.5, 0.6) is 11.5 Å². The van der Waals surface area contributed by atoms with Gasteiger partial charge in [-0.25, -0.2) is 0 Å². The number of hydrogen-bond donors (Lipinski definition) is 1. The number of nitrogens with zero attached hydrogens (tertiary/aromatic N) is 2. The zero-order chi connectivity index (χ0) is 23.4. The lowest BCUT2D eigenvalue weighted by molar-refractivity contribution is 0.102. The van der Waals surface area contributed by atoms with E-state index in [4.69, 9.17) is 9.47 Å². The lowest BCUT2D eigenvalue weighted by Crippen LogP contribution is -2.14. The van der Waals surface area contributed by atoms with Crippen molar-refractivity contribution in [1.82, 2.24) is 9.78 Å². The van der Waals surface area contributed by atoms with Crippen LogP contribution < -0.4 is 14.8 Å². The fourth-order valence-corrected chi connectivity index (χ4v) is 3.91. The molecule has 4 rings (SSSR count). The number of methoxy groups -OCH3 is 2. The number of ether oxygens (including phenoxy) is 2. The minimum Gasteiger partial charge on any atom is -0.497 e. The summed E-state index contributed by atoms with van der Waals surface area (Å²) < 4.78 is 12.7. The minimum absolute atomic E-state index is 0.185. The molecule has 3 aromatic carbocycles. The van der Waals surface area contributed by atoms with Gasteiger partial charge in [0.25, 0.3) is 5.91 Å². The monoisotopic (exact) mass is 441 g/mol. The van der Waals surface area contributed by atoms with E-state index in [1.807, 2.05) is 91.3 Å². The van der Waals surface area contributed by atoms with Gasteiger partial charge in [-0.15, -0.1) is 0 Å². The van der Waals surface area contributed by atoms with Gasteiger partial charge in [-0.05, 0) is 55.3 Å². The van der Waals surface area contributed by atoms with Crippen LogP contribution in [0, 0.1) is 13.8 Å². The quantitative estimate of drug-likeness (QED) is 0.412. The molecule has 1 heterocycles. The Kier molecular flexibility index (Phi) is 6.45. The number of hydrogen-bond acceptors (Lipinski definition) is 4. The number of nitrogens with one attached hydrogen (secondary N) is 1. The van der Waals surface area contributed by atoms with Gasteiger partial charge in [-0.3, -0.25) is 9.48 Å². The fraction of sp³-hybridized carbons (Fsp3) is 0.185. The highest BCUT2D eigenvalue weighted by Crippen LogP contribution is 2.33. The number of aryl methyl sites for hydroxylation is 1. The van der Waals surface area contributed by atoms with E-state index in [1.54, 1.807) is 14.2 Å². The molecule has 0 bridgehead atoms. The molecule has 1 N–H and O–H groups in total. The first-order valence-corrected chi connectivity index (χ1v) is 10.7. The Hall–Kier alpha value is -4.06. The van der Waals surface area contributed by atoms with Gasteiger partial charge >= 0.3 is 0 Å². The van der Waals surface area contributed by atoms with Gasteiger partial charge in [0, 0.05) is 16.9 Å². The third-order valence-electron chi connectivity index (χ3n) is 5.64. The van der Waals surface area contributed by atoms with Crippen molar-refractivity contribution in [3.63, 3.8) is 0 Å². The van der Waals surface area contributed by atoms with Gasteiger partial charge in [-0.1, -0.05) is 42.5 Å². The van der Waals surface area contributed by atoms with Crippen molar-refractivity contribution in [3.8, 4) is 22.6 Å².